The molecule has 0 unspecified atom stereocenters. The summed E-state index contributed by atoms with van der Waals surface area (Å²) in [6.07, 6.45) is -4.43. The summed E-state index contributed by atoms with van der Waals surface area (Å²) in [5, 5.41) is 3.02. The molecular formula is C20H16F3NO. The van der Waals surface area contributed by atoms with E-state index >= 15 is 0 Å². The number of halogens is 3. The van der Waals surface area contributed by atoms with Crippen molar-refractivity contribution in [3.63, 3.8) is 0 Å². The number of para-hydroxylation sites is 2. The van der Waals surface area contributed by atoms with E-state index in [1.807, 2.05) is 6.07 Å². The van der Waals surface area contributed by atoms with Gasteiger partial charge in [0.15, 0.2) is 0 Å². The van der Waals surface area contributed by atoms with E-state index in [0.29, 0.717) is 22.7 Å². The van der Waals surface area contributed by atoms with E-state index in [1.54, 1.807) is 54.6 Å². The summed E-state index contributed by atoms with van der Waals surface area (Å²) < 4.78 is 45.1. The number of hydrogen-bond donors (Lipinski definition) is 1. The summed E-state index contributed by atoms with van der Waals surface area (Å²) in [6, 6.07) is 20.0. The van der Waals surface area contributed by atoms with Crippen LogP contribution in [-0.2, 0) is 6.18 Å². The summed E-state index contributed by atoms with van der Waals surface area (Å²) in [5.41, 5.74) is 1.46. The van der Waals surface area contributed by atoms with Gasteiger partial charge in [0, 0.05) is 5.69 Å². The van der Waals surface area contributed by atoms with Crippen LogP contribution in [0.15, 0.2) is 72.8 Å². The van der Waals surface area contributed by atoms with E-state index in [2.05, 4.69) is 5.32 Å². The van der Waals surface area contributed by atoms with Gasteiger partial charge in [-0.15, -0.1) is 0 Å². The highest BCUT2D eigenvalue weighted by Crippen LogP contribution is 2.36. The van der Waals surface area contributed by atoms with Gasteiger partial charge in [-0.1, -0.05) is 42.5 Å². The Morgan fingerprint density at radius 3 is 2.16 bits per heavy atom. The van der Waals surface area contributed by atoms with Gasteiger partial charge >= 0.3 is 6.18 Å². The first kappa shape index (κ1) is 16.9. The predicted molar refractivity (Wildman–Crippen MR) is 93.2 cm³/mol. The SMILES string of the molecule is COc1ccccc1Nc1cc(-c2ccccc2)cc(C(F)(F)F)c1. The lowest BCUT2D eigenvalue weighted by molar-refractivity contribution is -0.137. The molecule has 3 aromatic carbocycles. The second-order valence-corrected chi connectivity index (χ2v) is 5.49. The third-order valence-corrected chi connectivity index (χ3v) is 3.75. The van der Waals surface area contributed by atoms with Gasteiger partial charge in [0.05, 0.1) is 18.4 Å². The monoisotopic (exact) mass is 343 g/mol. The molecule has 0 atom stereocenters. The highest BCUT2D eigenvalue weighted by atomic mass is 19.4. The fraction of sp³-hybridized carbons (Fsp3) is 0.100. The normalized spacial score (nSPS) is 11.2. The molecule has 0 fully saturated rings. The number of hydrogen-bond acceptors (Lipinski definition) is 2. The van der Waals surface area contributed by atoms with Gasteiger partial charge in [0.1, 0.15) is 5.75 Å². The van der Waals surface area contributed by atoms with Crippen molar-refractivity contribution in [1.29, 1.82) is 0 Å². The van der Waals surface area contributed by atoms with Crippen LogP contribution in [0.5, 0.6) is 5.75 Å². The summed E-state index contributed by atoms with van der Waals surface area (Å²) >= 11 is 0. The average molecular weight is 343 g/mol. The third-order valence-electron chi connectivity index (χ3n) is 3.75. The quantitative estimate of drug-likeness (QED) is 0.616. The molecule has 3 aromatic rings. The minimum Gasteiger partial charge on any atom is -0.495 e. The Hall–Kier alpha value is -2.95. The van der Waals surface area contributed by atoms with Gasteiger partial charge in [0.2, 0.25) is 0 Å². The Morgan fingerprint density at radius 2 is 1.48 bits per heavy atom. The number of nitrogens with one attached hydrogen (secondary N) is 1. The lowest BCUT2D eigenvalue weighted by Gasteiger charge is -2.15. The van der Waals surface area contributed by atoms with Crippen molar-refractivity contribution in [1.82, 2.24) is 0 Å². The Balaban J connectivity index is 2.07. The lowest BCUT2D eigenvalue weighted by atomic mass is 10.0. The zero-order chi connectivity index (χ0) is 17.9. The Kier molecular flexibility index (Phi) is 4.65. The van der Waals surface area contributed by atoms with Crippen LogP contribution in [0.25, 0.3) is 11.1 Å². The van der Waals surface area contributed by atoms with Crippen molar-refractivity contribution in [2.45, 2.75) is 6.18 Å². The molecule has 3 rings (SSSR count). The number of ether oxygens (including phenoxy) is 1. The molecule has 1 N–H and O–H groups in total. The van der Waals surface area contributed by atoms with Crippen molar-refractivity contribution in [2.75, 3.05) is 12.4 Å². The second kappa shape index (κ2) is 6.89. The molecule has 0 saturated carbocycles. The zero-order valence-electron chi connectivity index (χ0n) is 13.5. The fourth-order valence-corrected chi connectivity index (χ4v) is 2.56. The van der Waals surface area contributed by atoms with Crippen LogP contribution in [0.2, 0.25) is 0 Å². The Labute approximate surface area is 143 Å². The van der Waals surface area contributed by atoms with Crippen molar-refractivity contribution in [3.05, 3.63) is 78.4 Å². The molecule has 0 heterocycles. The van der Waals surface area contributed by atoms with E-state index in [-0.39, 0.29) is 0 Å². The molecular weight excluding hydrogens is 327 g/mol. The molecule has 0 aliphatic heterocycles. The maximum atomic E-state index is 13.3. The average Bonchev–Trinajstić information content (AvgIpc) is 2.62. The molecule has 0 aromatic heterocycles. The van der Waals surface area contributed by atoms with E-state index in [9.17, 15) is 13.2 Å². The highest BCUT2D eigenvalue weighted by Gasteiger charge is 2.31. The van der Waals surface area contributed by atoms with Crippen molar-refractivity contribution in [3.8, 4) is 16.9 Å². The Bertz CT molecular complexity index is 860. The molecule has 0 aliphatic carbocycles. The molecule has 5 heteroatoms. The van der Waals surface area contributed by atoms with Gasteiger partial charge < -0.3 is 10.1 Å². The number of benzene rings is 3. The first-order chi connectivity index (χ1) is 12.0. The minimum atomic E-state index is -4.43. The van der Waals surface area contributed by atoms with Gasteiger partial charge in [-0.3, -0.25) is 0 Å². The van der Waals surface area contributed by atoms with Gasteiger partial charge in [0.25, 0.3) is 0 Å². The zero-order valence-corrected chi connectivity index (χ0v) is 13.5. The molecule has 0 radical (unpaired) electrons. The van der Waals surface area contributed by atoms with E-state index in [1.165, 1.54) is 7.11 Å². The van der Waals surface area contributed by atoms with Crippen molar-refractivity contribution in [2.24, 2.45) is 0 Å². The van der Waals surface area contributed by atoms with Crippen LogP contribution in [0.1, 0.15) is 5.56 Å². The highest BCUT2D eigenvalue weighted by molar-refractivity contribution is 5.74. The van der Waals surface area contributed by atoms with Gasteiger partial charge in [-0.25, -0.2) is 0 Å². The standard InChI is InChI=1S/C20H16F3NO/c1-25-19-10-6-5-9-18(19)24-17-12-15(14-7-3-2-4-8-14)11-16(13-17)20(21,22)23/h2-13,24H,1H3. The van der Waals surface area contributed by atoms with Gasteiger partial charge in [-0.2, -0.15) is 13.2 Å². The van der Waals surface area contributed by atoms with E-state index in [4.69, 9.17) is 4.74 Å². The largest absolute Gasteiger partial charge is 0.495 e. The molecule has 2 nitrogen and oxygen atoms in total. The number of rotatable bonds is 4. The molecule has 0 spiro atoms. The molecule has 0 amide bonds. The van der Waals surface area contributed by atoms with Crippen molar-refractivity contribution < 1.29 is 17.9 Å². The van der Waals surface area contributed by atoms with Crippen LogP contribution < -0.4 is 10.1 Å². The number of alkyl halides is 3. The number of methoxy groups -OCH3 is 1. The van der Waals surface area contributed by atoms with Crippen LogP contribution >= 0.6 is 0 Å². The van der Waals surface area contributed by atoms with Crippen LogP contribution in [-0.4, -0.2) is 7.11 Å². The maximum absolute atomic E-state index is 13.3. The maximum Gasteiger partial charge on any atom is 0.416 e. The first-order valence-corrected chi connectivity index (χ1v) is 7.65. The van der Waals surface area contributed by atoms with Gasteiger partial charge in [-0.05, 0) is 41.5 Å². The fourth-order valence-electron chi connectivity index (χ4n) is 2.56. The molecule has 0 saturated heterocycles. The second-order valence-electron chi connectivity index (χ2n) is 5.49. The first-order valence-electron chi connectivity index (χ1n) is 7.65. The summed E-state index contributed by atoms with van der Waals surface area (Å²) in [6.45, 7) is 0. The molecule has 0 aliphatic rings. The summed E-state index contributed by atoms with van der Waals surface area (Å²) in [4.78, 5) is 0. The van der Waals surface area contributed by atoms with E-state index < -0.39 is 11.7 Å². The van der Waals surface area contributed by atoms with Crippen LogP contribution in [0.3, 0.4) is 0 Å². The predicted octanol–water partition coefficient (Wildman–Crippen LogP) is 6.12. The molecule has 128 valence electrons. The Morgan fingerprint density at radius 1 is 0.800 bits per heavy atom. The van der Waals surface area contributed by atoms with Crippen LogP contribution in [0.4, 0.5) is 24.5 Å². The topological polar surface area (TPSA) is 21.3 Å². The molecule has 0 bridgehead atoms. The minimum absolute atomic E-state index is 0.346. The van der Waals surface area contributed by atoms with Crippen LogP contribution in [0, 0.1) is 0 Å². The molecule has 25 heavy (non-hydrogen) atoms. The lowest BCUT2D eigenvalue weighted by Crippen LogP contribution is -2.06. The smallest absolute Gasteiger partial charge is 0.416 e. The van der Waals surface area contributed by atoms with E-state index in [0.717, 1.165) is 17.7 Å². The summed E-state index contributed by atoms with van der Waals surface area (Å²) in [5.74, 6) is 0.557. The number of anilines is 2. The summed E-state index contributed by atoms with van der Waals surface area (Å²) in [7, 11) is 1.52. The third kappa shape index (κ3) is 3.94. The van der Waals surface area contributed by atoms with Crippen molar-refractivity contribution >= 4 is 11.4 Å².